The van der Waals surface area contributed by atoms with Gasteiger partial charge in [0.15, 0.2) is 11.0 Å². The van der Waals surface area contributed by atoms with E-state index in [1.54, 1.807) is 35.6 Å². The normalized spacial score (nSPS) is 14.3. The summed E-state index contributed by atoms with van der Waals surface area (Å²) >= 11 is 2.92. The first-order valence-corrected chi connectivity index (χ1v) is 16.3. The first-order chi connectivity index (χ1) is 21.9. The van der Waals surface area contributed by atoms with Crippen LogP contribution in [0.3, 0.4) is 0 Å². The lowest BCUT2D eigenvalue weighted by Crippen LogP contribution is -2.28. The first-order valence-electron chi connectivity index (χ1n) is 14.5. The summed E-state index contributed by atoms with van der Waals surface area (Å²) in [6.07, 6.45) is 0.618. The zero-order valence-corrected chi connectivity index (χ0v) is 26.8. The van der Waals surface area contributed by atoms with Crippen molar-refractivity contribution in [2.24, 2.45) is 5.10 Å². The van der Waals surface area contributed by atoms with Crippen molar-refractivity contribution in [3.05, 3.63) is 123 Å². The maximum absolute atomic E-state index is 13.9. The first kappa shape index (κ1) is 30.3. The van der Waals surface area contributed by atoms with Gasteiger partial charge in [-0.2, -0.15) is 5.10 Å². The zero-order valence-electron chi connectivity index (χ0n) is 25.1. The number of ether oxygens (including phenoxy) is 1. The van der Waals surface area contributed by atoms with E-state index in [4.69, 9.17) is 9.84 Å². The average molecular weight is 637 g/mol. The van der Waals surface area contributed by atoms with E-state index in [2.05, 4.69) is 15.5 Å². The molecule has 5 aromatic rings. The summed E-state index contributed by atoms with van der Waals surface area (Å²) in [5.74, 6) is 1.09. The molecule has 2 amide bonds. The van der Waals surface area contributed by atoms with Gasteiger partial charge in [0.2, 0.25) is 0 Å². The molecule has 0 bridgehead atoms. The molecule has 0 aliphatic carbocycles. The van der Waals surface area contributed by atoms with Crippen LogP contribution >= 0.6 is 23.1 Å². The molecule has 0 spiro atoms. The molecule has 0 radical (unpaired) electrons. The van der Waals surface area contributed by atoms with Crippen LogP contribution < -0.4 is 10.1 Å². The molecule has 2 aromatic heterocycles. The number of aromatic nitrogens is 3. The molecule has 1 atom stereocenters. The predicted molar refractivity (Wildman–Crippen MR) is 177 cm³/mol. The van der Waals surface area contributed by atoms with Gasteiger partial charge in [0.1, 0.15) is 5.75 Å². The van der Waals surface area contributed by atoms with Crippen molar-refractivity contribution in [2.45, 2.75) is 38.0 Å². The SMILES string of the molecule is COc1ccc(C2CC(c3cccs3)=NN2C(=O)CSc2nnc(CNC(=O)c3ccccc3)n2-c2cccc(C)c2C)cc1. The number of hydrogen-bond acceptors (Lipinski definition) is 8. The Labute approximate surface area is 270 Å². The van der Waals surface area contributed by atoms with E-state index >= 15 is 0 Å². The Kier molecular flexibility index (Phi) is 9.08. The topological polar surface area (TPSA) is 102 Å². The van der Waals surface area contributed by atoms with E-state index in [0.717, 1.165) is 38.7 Å². The van der Waals surface area contributed by atoms with Gasteiger partial charge >= 0.3 is 0 Å². The van der Waals surface area contributed by atoms with Crippen LogP contribution in [0.5, 0.6) is 5.75 Å². The number of amides is 2. The Morgan fingerprint density at radius 2 is 1.78 bits per heavy atom. The highest BCUT2D eigenvalue weighted by molar-refractivity contribution is 7.99. The number of rotatable bonds is 10. The second-order valence-electron chi connectivity index (χ2n) is 10.5. The number of aryl methyl sites for hydroxylation is 1. The number of hydrogen-bond donors (Lipinski definition) is 1. The van der Waals surface area contributed by atoms with Gasteiger partial charge in [-0.15, -0.1) is 21.5 Å². The number of thioether (sulfide) groups is 1. The van der Waals surface area contributed by atoms with E-state index < -0.39 is 0 Å². The molecule has 3 aromatic carbocycles. The van der Waals surface area contributed by atoms with Gasteiger partial charge in [-0.25, -0.2) is 5.01 Å². The summed E-state index contributed by atoms with van der Waals surface area (Å²) in [6, 6.07) is 26.6. The number of thiophene rings is 1. The second-order valence-corrected chi connectivity index (χ2v) is 12.4. The molecule has 1 unspecified atom stereocenters. The lowest BCUT2D eigenvalue weighted by molar-refractivity contribution is -0.130. The summed E-state index contributed by atoms with van der Waals surface area (Å²) in [4.78, 5) is 27.7. The summed E-state index contributed by atoms with van der Waals surface area (Å²) < 4.78 is 7.27. The van der Waals surface area contributed by atoms with Crippen LogP contribution in [0.1, 0.15) is 50.2 Å². The number of carbonyl (C=O) groups excluding carboxylic acids is 2. The quantitative estimate of drug-likeness (QED) is 0.179. The minimum atomic E-state index is -0.234. The molecular formula is C34H32N6O3S2. The number of hydrazone groups is 1. The monoisotopic (exact) mass is 636 g/mol. The van der Waals surface area contributed by atoms with E-state index in [1.165, 1.54) is 11.8 Å². The highest BCUT2D eigenvalue weighted by Gasteiger charge is 2.34. The molecule has 9 nitrogen and oxygen atoms in total. The van der Waals surface area contributed by atoms with Crippen LogP contribution in [0.2, 0.25) is 0 Å². The van der Waals surface area contributed by atoms with Gasteiger partial charge in [-0.3, -0.25) is 14.2 Å². The number of methoxy groups -OCH3 is 1. The molecular weight excluding hydrogens is 605 g/mol. The van der Waals surface area contributed by atoms with Gasteiger partial charge in [-0.1, -0.05) is 60.3 Å². The van der Waals surface area contributed by atoms with Crippen LogP contribution in [0.25, 0.3) is 5.69 Å². The number of nitrogens with zero attached hydrogens (tertiary/aromatic N) is 5. The molecule has 45 heavy (non-hydrogen) atoms. The Morgan fingerprint density at radius 3 is 2.51 bits per heavy atom. The van der Waals surface area contributed by atoms with Crippen molar-refractivity contribution >= 4 is 40.6 Å². The molecule has 1 aliphatic heterocycles. The Balaban J connectivity index is 1.26. The molecule has 0 saturated carbocycles. The fraction of sp³-hybridized carbons (Fsp3) is 0.206. The van der Waals surface area contributed by atoms with E-state index in [1.807, 2.05) is 96.6 Å². The third kappa shape index (κ3) is 6.54. The van der Waals surface area contributed by atoms with Crippen LogP contribution in [0, 0.1) is 13.8 Å². The predicted octanol–water partition coefficient (Wildman–Crippen LogP) is 6.35. The fourth-order valence-corrected chi connectivity index (χ4v) is 6.73. The van der Waals surface area contributed by atoms with Crippen molar-refractivity contribution < 1.29 is 14.3 Å². The summed E-state index contributed by atoms with van der Waals surface area (Å²) in [6.45, 7) is 4.26. The fourth-order valence-electron chi connectivity index (χ4n) is 5.19. The highest BCUT2D eigenvalue weighted by atomic mass is 32.2. The summed E-state index contributed by atoms with van der Waals surface area (Å²) in [5.41, 5.74) is 5.51. The van der Waals surface area contributed by atoms with Gasteiger partial charge in [-0.05, 0) is 72.3 Å². The molecule has 6 rings (SSSR count). The van der Waals surface area contributed by atoms with Crippen molar-refractivity contribution in [1.82, 2.24) is 25.1 Å². The number of benzene rings is 3. The average Bonchev–Trinajstić information content (AvgIpc) is 3.85. The van der Waals surface area contributed by atoms with E-state index in [-0.39, 0.29) is 30.2 Å². The largest absolute Gasteiger partial charge is 0.497 e. The van der Waals surface area contributed by atoms with Crippen molar-refractivity contribution in [1.29, 1.82) is 0 Å². The number of nitrogens with one attached hydrogen (secondary N) is 1. The molecule has 0 saturated heterocycles. The van der Waals surface area contributed by atoms with Crippen LogP contribution in [0.15, 0.2) is 101 Å². The van der Waals surface area contributed by atoms with Gasteiger partial charge in [0.25, 0.3) is 11.8 Å². The molecule has 1 aliphatic rings. The van der Waals surface area contributed by atoms with Crippen LogP contribution in [-0.4, -0.2) is 50.2 Å². The third-order valence-electron chi connectivity index (χ3n) is 7.76. The lowest BCUT2D eigenvalue weighted by atomic mass is 10.0. The van der Waals surface area contributed by atoms with Gasteiger partial charge in [0, 0.05) is 12.0 Å². The maximum atomic E-state index is 13.9. The maximum Gasteiger partial charge on any atom is 0.253 e. The minimum Gasteiger partial charge on any atom is -0.497 e. The summed E-state index contributed by atoms with van der Waals surface area (Å²) in [5, 5.41) is 20.9. The molecule has 3 heterocycles. The standard InChI is InChI=1S/C34H32N6O3S2/c1-22-9-7-12-28(23(22)2)39-31(20-35-33(42)25-10-5-4-6-11-25)36-37-34(39)45-21-32(41)40-29(24-14-16-26(43-3)17-15-24)19-27(38-40)30-13-8-18-44-30/h4-18,29H,19-21H2,1-3H3,(H,35,42). The minimum absolute atomic E-state index is 0.104. The van der Waals surface area contributed by atoms with Crippen molar-refractivity contribution in [2.75, 3.05) is 12.9 Å². The Bertz CT molecular complexity index is 1840. The number of carbonyl (C=O) groups is 2. The highest BCUT2D eigenvalue weighted by Crippen LogP contribution is 2.35. The Hall–Kier alpha value is -4.74. The van der Waals surface area contributed by atoms with E-state index in [0.29, 0.717) is 23.0 Å². The second kappa shape index (κ2) is 13.5. The van der Waals surface area contributed by atoms with Crippen molar-refractivity contribution in [3.8, 4) is 11.4 Å². The molecule has 228 valence electrons. The zero-order chi connectivity index (χ0) is 31.3. The Morgan fingerprint density at radius 1 is 0.978 bits per heavy atom. The lowest BCUT2D eigenvalue weighted by Gasteiger charge is -2.22. The van der Waals surface area contributed by atoms with Crippen LogP contribution in [0.4, 0.5) is 0 Å². The van der Waals surface area contributed by atoms with Crippen molar-refractivity contribution in [3.63, 3.8) is 0 Å². The molecule has 1 N–H and O–H groups in total. The van der Waals surface area contributed by atoms with Gasteiger partial charge < -0.3 is 10.1 Å². The van der Waals surface area contributed by atoms with Crippen LogP contribution in [-0.2, 0) is 11.3 Å². The molecule has 0 fully saturated rings. The smallest absolute Gasteiger partial charge is 0.253 e. The van der Waals surface area contributed by atoms with Gasteiger partial charge in [0.05, 0.1) is 41.7 Å². The van der Waals surface area contributed by atoms with E-state index in [9.17, 15) is 9.59 Å². The third-order valence-corrected chi connectivity index (χ3v) is 9.59. The summed E-state index contributed by atoms with van der Waals surface area (Å²) in [7, 11) is 1.63. The molecule has 11 heteroatoms.